The highest BCUT2D eigenvalue weighted by Gasteiger charge is 2.09. The van der Waals surface area contributed by atoms with Crippen LogP contribution in [-0.2, 0) is 19.1 Å². The van der Waals surface area contributed by atoms with Gasteiger partial charge < -0.3 is 19.9 Å². The standard InChI is InChI=1S/C8H15NO5/c1-6(13-2)8(12)9-3-4-14-5-7(10)11/h6H,3-5H2,1-2H3,(H,9,12)(H,10,11). The summed E-state index contributed by atoms with van der Waals surface area (Å²) in [6.45, 7) is 1.72. The predicted octanol–water partition coefficient (Wildman–Crippen LogP) is -0.761. The molecular weight excluding hydrogens is 190 g/mol. The maximum absolute atomic E-state index is 11.1. The Morgan fingerprint density at radius 3 is 2.64 bits per heavy atom. The molecule has 14 heavy (non-hydrogen) atoms. The van der Waals surface area contributed by atoms with Crippen molar-refractivity contribution in [2.45, 2.75) is 13.0 Å². The fourth-order valence-corrected chi connectivity index (χ4v) is 0.657. The number of amides is 1. The number of ether oxygens (including phenoxy) is 2. The molecule has 0 aliphatic rings. The third kappa shape index (κ3) is 6.38. The van der Waals surface area contributed by atoms with Crippen LogP contribution in [0.1, 0.15) is 6.92 Å². The molecule has 0 fully saturated rings. The lowest BCUT2D eigenvalue weighted by atomic mass is 10.4. The van der Waals surface area contributed by atoms with Gasteiger partial charge in [0.2, 0.25) is 5.91 Å². The zero-order valence-corrected chi connectivity index (χ0v) is 8.28. The summed E-state index contributed by atoms with van der Waals surface area (Å²) < 4.78 is 9.46. The SMILES string of the molecule is COC(C)C(=O)NCCOCC(=O)O. The van der Waals surface area contributed by atoms with Gasteiger partial charge in [0.1, 0.15) is 12.7 Å². The van der Waals surface area contributed by atoms with E-state index in [4.69, 9.17) is 14.6 Å². The minimum absolute atomic E-state index is 0.175. The molecule has 0 aliphatic heterocycles. The predicted molar refractivity (Wildman–Crippen MR) is 47.9 cm³/mol. The summed E-state index contributed by atoms with van der Waals surface area (Å²) in [5, 5.41) is 10.7. The first-order valence-electron chi connectivity index (χ1n) is 4.18. The summed E-state index contributed by atoms with van der Waals surface area (Å²) in [6.07, 6.45) is -0.505. The van der Waals surface area contributed by atoms with Gasteiger partial charge in [-0.05, 0) is 6.92 Å². The molecule has 0 aromatic heterocycles. The molecule has 0 saturated carbocycles. The lowest BCUT2D eigenvalue weighted by Crippen LogP contribution is -2.36. The number of aliphatic carboxylic acids is 1. The number of methoxy groups -OCH3 is 1. The van der Waals surface area contributed by atoms with E-state index >= 15 is 0 Å². The number of hydrogen-bond donors (Lipinski definition) is 2. The quantitative estimate of drug-likeness (QED) is 0.533. The zero-order chi connectivity index (χ0) is 11.0. The van der Waals surface area contributed by atoms with E-state index < -0.39 is 12.1 Å². The first kappa shape index (κ1) is 12.9. The van der Waals surface area contributed by atoms with Crippen LogP contribution in [0.4, 0.5) is 0 Å². The van der Waals surface area contributed by atoms with Gasteiger partial charge in [-0.25, -0.2) is 4.79 Å². The van der Waals surface area contributed by atoms with Crippen LogP contribution in [-0.4, -0.2) is 50.0 Å². The Morgan fingerprint density at radius 2 is 2.14 bits per heavy atom. The van der Waals surface area contributed by atoms with Crippen molar-refractivity contribution in [2.24, 2.45) is 0 Å². The van der Waals surface area contributed by atoms with Gasteiger partial charge in [-0.2, -0.15) is 0 Å². The number of carboxylic acid groups (broad SMARTS) is 1. The Kier molecular flexibility index (Phi) is 6.69. The van der Waals surface area contributed by atoms with Gasteiger partial charge in [-0.1, -0.05) is 0 Å². The molecule has 2 N–H and O–H groups in total. The van der Waals surface area contributed by atoms with Crippen molar-refractivity contribution in [3.05, 3.63) is 0 Å². The van der Waals surface area contributed by atoms with Crippen molar-refractivity contribution >= 4 is 11.9 Å². The Balaban J connectivity index is 3.36. The topological polar surface area (TPSA) is 84.9 Å². The van der Waals surface area contributed by atoms with E-state index in [1.165, 1.54) is 7.11 Å². The first-order chi connectivity index (χ1) is 6.57. The molecule has 1 unspecified atom stereocenters. The van der Waals surface area contributed by atoms with Crippen LogP contribution in [0.3, 0.4) is 0 Å². The molecule has 0 aromatic carbocycles. The Labute approximate surface area is 82.2 Å². The summed E-state index contributed by atoms with van der Waals surface area (Å²) in [4.78, 5) is 21.1. The van der Waals surface area contributed by atoms with E-state index in [0.29, 0.717) is 0 Å². The second-order valence-electron chi connectivity index (χ2n) is 2.62. The second-order valence-corrected chi connectivity index (χ2v) is 2.62. The molecular formula is C8H15NO5. The molecule has 1 amide bonds. The fraction of sp³-hybridized carbons (Fsp3) is 0.750. The lowest BCUT2D eigenvalue weighted by molar-refractivity contribution is -0.142. The van der Waals surface area contributed by atoms with Crippen molar-refractivity contribution in [2.75, 3.05) is 26.9 Å². The van der Waals surface area contributed by atoms with Gasteiger partial charge in [0.05, 0.1) is 6.61 Å². The van der Waals surface area contributed by atoms with Crippen LogP contribution < -0.4 is 5.32 Å². The molecule has 6 nitrogen and oxygen atoms in total. The van der Waals surface area contributed by atoms with Crippen molar-refractivity contribution in [1.82, 2.24) is 5.32 Å². The van der Waals surface area contributed by atoms with Crippen LogP contribution in [0.25, 0.3) is 0 Å². The van der Waals surface area contributed by atoms with E-state index in [-0.39, 0.29) is 25.7 Å². The molecule has 0 saturated heterocycles. The average molecular weight is 205 g/mol. The number of carbonyl (C=O) groups is 2. The summed E-state index contributed by atoms with van der Waals surface area (Å²) in [5.41, 5.74) is 0. The molecule has 0 heterocycles. The molecule has 0 spiro atoms. The van der Waals surface area contributed by atoms with Crippen LogP contribution >= 0.6 is 0 Å². The van der Waals surface area contributed by atoms with Crippen molar-refractivity contribution in [3.8, 4) is 0 Å². The lowest BCUT2D eigenvalue weighted by Gasteiger charge is -2.09. The fourth-order valence-electron chi connectivity index (χ4n) is 0.657. The Bertz CT molecular complexity index is 194. The number of nitrogens with one attached hydrogen (secondary N) is 1. The summed E-state index contributed by atoms with van der Waals surface area (Å²) in [5.74, 6) is -1.27. The van der Waals surface area contributed by atoms with Crippen molar-refractivity contribution in [3.63, 3.8) is 0 Å². The van der Waals surface area contributed by atoms with E-state index in [1.54, 1.807) is 6.92 Å². The highest BCUT2D eigenvalue weighted by molar-refractivity contribution is 5.80. The van der Waals surface area contributed by atoms with E-state index in [1.807, 2.05) is 0 Å². The van der Waals surface area contributed by atoms with Gasteiger partial charge in [-0.15, -0.1) is 0 Å². The maximum atomic E-state index is 11.1. The molecule has 6 heteroatoms. The van der Waals surface area contributed by atoms with Crippen molar-refractivity contribution in [1.29, 1.82) is 0 Å². The van der Waals surface area contributed by atoms with E-state index in [9.17, 15) is 9.59 Å². The molecule has 82 valence electrons. The summed E-state index contributed by atoms with van der Waals surface area (Å²) in [6, 6.07) is 0. The van der Waals surface area contributed by atoms with Gasteiger partial charge in [0, 0.05) is 13.7 Å². The van der Waals surface area contributed by atoms with E-state index in [0.717, 1.165) is 0 Å². The maximum Gasteiger partial charge on any atom is 0.329 e. The summed E-state index contributed by atoms with van der Waals surface area (Å²) in [7, 11) is 1.44. The molecule has 0 bridgehead atoms. The number of hydrogen-bond acceptors (Lipinski definition) is 4. The average Bonchev–Trinajstić information content (AvgIpc) is 2.15. The van der Waals surface area contributed by atoms with Crippen LogP contribution in [0.2, 0.25) is 0 Å². The molecule has 1 atom stereocenters. The molecule has 0 aromatic rings. The van der Waals surface area contributed by atoms with Gasteiger partial charge in [0.25, 0.3) is 0 Å². The normalized spacial score (nSPS) is 12.1. The number of carboxylic acids is 1. The molecule has 0 aliphatic carbocycles. The minimum Gasteiger partial charge on any atom is -0.480 e. The van der Waals surface area contributed by atoms with E-state index in [2.05, 4.69) is 5.32 Å². The van der Waals surface area contributed by atoms with Crippen LogP contribution in [0, 0.1) is 0 Å². The highest BCUT2D eigenvalue weighted by Crippen LogP contribution is 1.86. The van der Waals surface area contributed by atoms with Gasteiger partial charge in [0.15, 0.2) is 0 Å². The number of carbonyl (C=O) groups excluding carboxylic acids is 1. The number of rotatable bonds is 7. The smallest absolute Gasteiger partial charge is 0.329 e. The van der Waals surface area contributed by atoms with Crippen LogP contribution in [0.5, 0.6) is 0 Å². The highest BCUT2D eigenvalue weighted by atomic mass is 16.5. The van der Waals surface area contributed by atoms with Gasteiger partial charge in [-0.3, -0.25) is 4.79 Å². The second kappa shape index (κ2) is 7.28. The third-order valence-corrected chi connectivity index (χ3v) is 1.49. The van der Waals surface area contributed by atoms with Crippen LogP contribution in [0.15, 0.2) is 0 Å². The third-order valence-electron chi connectivity index (χ3n) is 1.49. The monoisotopic (exact) mass is 205 g/mol. The minimum atomic E-state index is -1.03. The summed E-state index contributed by atoms with van der Waals surface area (Å²) >= 11 is 0. The molecule has 0 rings (SSSR count). The van der Waals surface area contributed by atoms with Crippen molar-refractivity contribution < 1.29 is 24.2 Å². The Hall–Kier alpha value is -1.14. The molecule has 0 radical (unpaired) electrons. The first-order valence-corrected chi connectivity index (χ1v) is 4.18. The van der Waals surface area contributed by atoms with Gasteiger partial charge >= 0.3 is 5.97 Å². The zero-order valence-electron chi connectivity index (χ0n) is 8.28. The largest absolute Gasteiger partial charge is 0.480 e. The Morgan fingerprint density at radius 1 is 1.50 bits per heavy atom.